The van der Waals surface area contributed by atoms with Crippen LogP contribution >= 0.6 is 35.0 Å². The van der Waals surface area contributed by atoms with Crippen LogP contribution in [0, 0.1) is 5.92 Å². The molecule has 2 rings (SSSR count). The normalized spacial score (nSPS) is 19.3. The third kappa shape index (κ3) is 5.37. The maximum absolute atomic E-state index is 11.9. The van der Waals surface area contributed by atoms with E-state index in [1.165, 1.54) is 0 Å². The molecule has 0 heterocycles. The van der Waals surface area contributed by atoms with E-state index in [0.29, 0.717) is 12.3 Å². The van der Waals surface area contributed by atoms with Gasteiger partial charge in [0, 0.05) is 23.0 Å². The highest BCUT2D eigenvalue weighted by molar-refractivity contribution is 7.99. The van der Waals surface area contributed by atoms with Gasteiger partial charge in [-0.15, -0.1) is 35.0 Å². The monoisotopic (exact) mass is 346 g/mol. The van der Waals surface area contributed by atoms with Crippen molar-refractivity contribution in [2.75, 3.05) is 24.7 Å². The Kier molecular flexibility index (Phi) is 6.23. The second kappa shape index (κ2) is 7.73. The molecule has 116 valence electrons. The minimum atomic E-state index is -0.543. The van der Waals surface area contributed by atoms with Crippen LogP contribution in [-0.2, 0) is 4.79 Å². The quantitative estimate of drug-likeness (QED) is 0.426. The number of anilines is 1. The summed E-state index contributed by atoms with van der Waals surface area (Å²) in [7, 11) is 1.88. The Morgan fingerprint density at radius 3 is 2.81 bits per heavy atom. The summed E-state index contributed by atoms with van der Waals surface area (Å²) < 4.78 is -0.543. The Bertz CT molecular complexity index is 496. The molecular weight excluding hydrogens is 327 g/mol. The van der Waals surface area contributed by atoms with Crippen LogP contribution in [0.1, 0.15) is 19.3 Å². The van der Waals surface area contributed by atoms with Gasteiger partial charge in [-0.25, -0.2) is 0 Å². The number of benzene rings is 1. The second-order valence-corrected chi connectivity index (χ2v) is 7.83. The van der Waals surface area contributed by atoms with Gasteiger partial charge in [0.2, 0.25) is 5.91 Å². The number of amides is 1. The number of halogens is 2. The number of carbonyl (C=O) groups excluding carboxylic acids is 1. The molecule has 1 fully saturated rings. The average molecular weight is 347 g/mol. The Morgan fingerprint density at radius 1 is 1.43 bits per heavy atom. The molecule has 0 aliphatic heterocycles. The summed E-state index contributed by atoms with van der Waals surface area (Å²) in [5.41, 5.74) is 0.868. The van der Waals surface area contributed by atoms with Crippen LogP contribution in [0.4, 0.5) is 5.69 Å². The fourth-order valence-electron chi connectivity index (χ4n) is 1.98. The van der Waals surface area contributed by atoms with Crippen molar-refractivity contribution in [1.29, 1.82) is 0 Å². The zero-order chi connectivity index (χ0) is 15.3. The van der Waals surface area contributed by atoms with Gasteiger partial charge in [-0.3, -0.25) is 4.79 Å². The molecule has 0 spiro atoms. The summed E-state index contributed by atoms with van der Waals surface area (Å²) in [4.78, 5) is 13.0. The Morgan fingerprint density at radius 2 is 2.14 bits per heavy atom. The number of para-hydroxylation sites is 1. The Hall–Kier alpha value is -0.420. The lowest BCUT2D eigenvalue weighted by Gasteiger charge is -2.11. The summed E-state index contributed by atoms with van der Waals surface area (Å²) in [5.74, 6) is 1.26. The Labute approximate surface area is 140 Å². The molecular formula is C15H20Cl2N2OS. The van der Waals surface area contributed by atoms with E-state index in [-0.39, 0.29) is 5.91 Å². The molecule has 0 unspecified atom stereocenters. The lowest BCUT2D eigenvalue weighted by molar-refractivity contribution is -0.116. The number of thioether (sulfide) groups is 1. The first-order valence-electron chi connectivity index (χ1n) is 7.07. The van der Waals surface area contributed by atoms with Crippen LogP contribution in [0.3, 0.4) is 0 Å². The minimum absolute atomic E-state index is 0.0498. The van der Waals surface area contributed by atoms with Crippen molar-refractivity contribution in [2.24, 2.45) is 5.92 Å². The van der Waals surface area contributed by atoms with Crippen molar-refractivity contribution in [3.8, 4) is 0 Å². The molecule has 0 radical (unpaired) electrons. The van der Waals surface area contributed by atoms with Crippen LogP contribution in [0.2, 0.25) is 0 Å². The highest BCUT2D eigenvalue weighted by Gasteiger charge is 2.51. The molecule has 1 aromatic rings. The molecule has 0 bridgehead atoms. The van der Waals surface area contributed by atoms with Crippen LogP contribution in [0.25, 0.3) is 0 Å². The minimum Gasteiger partial charge on any atom is -0.325 e. The van der Waals surface area contributed by atoms with Gasteiger partial charge >= 0.3 is 0 Å². The molecule has 1 aromatic carbocycles. The Balaban J connectivity index is 1.86. The number of alkyl halides is 2. The second-order valence-electron chi connectivity index (χ2n) is 5.22. The molecule has 3 nitrogen and oxygen atoms in total. The standard InChI is InChI=1S/C15H20Cl2N2OS/c1-18-8-4-7-14(20)19-12-5-2-3-6-13(12)21-10-11-9-15(11,16)17/h2-3,5-6,11,18H,4,7-10H2,1H3,(H,19,20)/t11-/m0/s1. The molecule has 0 saturated heterocycles. The van der Waals surface area contributed by atoms with Crippen molar-refractivity contribution in [1.82, 2.24) is 5.32 Å². The first-order chi connectivity index (χ1) is 10.0. The third-order valence-corrected chi connectivity index (χ3v) is 5.55. The molecule has 1 amide bonds. The first kappa shape index (κ1) is 16.9. The molecule has 1 aliphatic carbocycles. The largest absolute Gasteiger partial charge is 0.325 e. The van der Waals surface area contributed by atoms with Crippen LogP contribution < -0.4 is 10.6 Å². The number of nitrogens with one attached hydrogen (secondary N) is 2. The number of carbonyl (C=O) groups is 1. The van der Waals surface area contributed by atoms with E-state index in [4.69, 9.17) is 23.2 Å². The molecule has 2 N–H and O–H groups in total. The van der Waals surface area contributed by atoms with Crippen LogP contribution in [0.15, 0.2) is 29.2 Å². The van der Waals surface area contributed by atoms with Crippen LogP contribution in [-0.4, -0.2) is 29.6 Å². The predicted octanol–water partition coefficient (Wildman–Crippen LogP) is 3.91. The van der Waals surface area contributed by atoms with Gasteiger partial charge in [0.05, 0.1) is 5.69 Å². The predicted molar refractivity (Wildman–Crippen MR) is 91.5 cm³/mol. The lowest BCUT2D eigenvalue weighted by atomic mass is 10.2. The average Bonchev–Trinajstić information content (AvgIpc) is 3.05. The van der Waals surface area contributed by atoms with E-state index < -0.39 is 4.33 Å². The van der Waals surface area contributed by atoms with E-state index in [1.807, 2.05) is 31.3 Å². The van der Waals surface area contributed by atoms with Crippen molar-refractivity contribution in [3.05, 3.63) is 24.3 Å². The molecule has 21 heavy (non-hydrogen) atoms. The first-order valence-corrected chi connectivity index (χ1v) is 8.81. The number of hydrogen-bond donors (Lipinski definition) is 2. The fourth-order valence-corrected chi connectivity index (χ4v) is 3.92. The van der Waals surface area contributed by atoms with Gasteiger partial charge in [-0.2, -0.15) is 0 Å². The zero-order valence-corrected chi connectivity index (χ0v) is 14.3. The molecule has 0 aromatic heterocycles. The molecule has 1 saturated carbocycles. The van der Waals surface area contributed by atoms with E-state index in [1.54, 1.807) is 11.8 Å². The van der Waals surface area contributed by atoms with Crippen molar-refractivity contribution < 1.29 is 4.79 Å². The van der Waals surface area contributed by atoms with Gasteiger partial charge in [0.1, 0.15) is 4.33 Å². The number of rotatable bonds is 8. The topological polar surface area (TPSA) is 41.1 Å². The summed E-state index contributed by atoms with van der Waals surface area (Å²) in [6.45, 7) is 0.846. The molecule has 1 aliphatic rings. The van der Waals surface area contributed by atoms with Gasteiger partial charge < -0.3 is 10.6 Å². The van der Waals surface area contributed by atoms with Gasteiger partial charge in [0.25, 0.3) is 0 Å². The van der Waals surface area contributed by atoms with E-state index in [0.717, 1.165) is 35.7 Å². The highest BCUT2D eigenvalue weighted by Crippen LogP contribution is 2.55. The van der Waals surface area contributed by atoms with Crippen molar-refractivity contribution >= 4 is 46.6 Å². The van der Waals surface area contributed by atoms with E-state index in [9.17, 15) is 4.79 Å². The van der Waals surface area contributed by atoms with Gasteiger partial charge in [-0.1, -0.05) is 12.1 Å². The molecule has 6 heteroatoms. The smallest absolute Gasteiger partial charge is 0.224 e. The van der Waals surface area contributed by atoms with Crippen LogP contribution in [0.5, 0.6) is 0 Å². The maximum Gasteiger partial charge on any atom is 0.224 e. The summed E-state index contributed by atoms with van der Waals surface area (Å²) in [6.07, 6.45) is 2.21. The molecule has 1 atom stereocenters. The third-order valence-electron chi connectivity index (χ3n) is 3.39. The maximum atomic E-state index is 11.9. The number of hydrogen-bond acceptors (Lipinski definition) is 3. The lowest BCUT2D eigenvalue weighted by Crippen LogP contribution is -2.15. The van der Waals surface area contributed by atoms with E-state index in [2.05, 4.69) is 10.6 Å². The van der Waals surface area contributed by atoms with Crippen molar-refractivity contribution in [2.45, 2.75) is 28.5 Å². The SMILES string of the molecule is CNCCCC(=O)Nc1ccccc1SC[C@@H]1CC1(Cl)Cl. The highest BCUT2D eigenvalue weighted by atomic mass is 35.5. The van der Waals surface area contributed by atoms with Gasteiger partial charge in [-0.05, 0) is 38.6 Å². The summed E-state index contributed by atoms with van der Waals surface area (Å²) in [6, 6.07) is 7.85. The van der Waals surface area contributed by atoms with E-state index >= 15 is 0 Å². The zero-order valence-electron chi connectivity index (χ0n) is 12.0. The van der Waals surface area contributed by atoms with Gasteiger partial charge in [0.15, 0.2) is 0 Å². The summed E-state index contributed by atoms with van der Waals surface area (Å²) in [5, 5.41) is 6.02. The van der Waals surface area contributed by atoms with Crippen molar-refractivity contribution in [3.63, 3.8) is 0 Å². The summed E-state index contributed by atoms with van der Waals surface area (Å²) >= 11 is 13.8. The fraction of sp³-hybridized carbons (Fsp3) is 0.533.